The third kappa shape index (κ3) is 4.61. The van der Waals surface area contributed by atoms with Crippen LogP contribution in [0.25, 0.3) is 22.3 Å². The van der Waals surface area contributed by atoms with Gasteiger partial charge in [-0.3, -0.25) is 0 Å². The summed E-state index contributed by atoms with van der Waals surface area (Å²) in [6.45, 7) is 2.11. The van der Waals surface area contributed by atoms with Crippen LogP contribution in [0, 0.1) is 0 Å². The Morgan fingerprint density at radius 1 is 0.679 bits per heavy atom. The Morgan fingerprint density at radius 2 is 1.25 bits per heavy atom. The molecule has 144 valence electrons. The fourth-order valence-electron chi connectivity index (χ4n) is 3.54. The summed E-state index contributed by atoms with van der Waals surface area (Å²) in [6.07, 6.45) is 2.89. The minimum Gasteiger partial charge on any atom is -0.492 e. The van der Waals surface area contributed by atoms with Crippen LogP contribution >= 0.6 is 0 Å². The molecule has 0 saturated carbocycles. The summed E-state index contributed by atoms with van der Waals surface area (Å²) in [5, 5.41) is 0. The average molecular weight is 374 g/mol. The Bertz CT molecular complexity index is 798. The van der Waals surface area contributed by atoms with Crippen molar-refractivity contribution in [3.8, 4) is 28.0 Å². The number of para-hydroxylation sites is 1. The average Bonchev–Trinajstić information content (AvgIpc) is 3.28. The predicted octanol–water partition coefficient (Wildman–Crippen LogP) is 5.94. The van der Waals surface area contributed by atoms with Gasteiger partial charge in [-0.2, -0.15) is 0 Å². The van der Waals surface area contributed by atoms with Gasteiger partial charge in [0.25, 0.3) is 0 Å². The number of ether oxygens (including phenoxy) is 3. The summed E-state index contributed by atoms with van der Waals surface area (Å²) < 4.78 is 17.4. The Hall–Kier alpha value is -2.62. The van der Waals surface area contributed by atoms with Crippen molar-refractivity contribution in [1.82, 2.24) is 0 Å². The normalized spacial score (nSPS) is 14.3. The fraction of sp³-hybridized carbons (Fsp3) is 0.280. The first-order valence-corrected chi connectivity index (χ1v) is 10.0. The van der Waals surface area contributed by atoms with E-state index >= 15 is 0 Å². The molecule has 3 heteroatoms. The number of unbranched alkanes of at least 4 members (excludes halogenated alkanes) is 1. The van der Waals surface area contributed by atoms with Gasteiger partial charge in [0.1, 0.15) is 5.75 Å². The van der Waals surface area contributed by atoms with E-state index in [4.69, 9.17) is 14.2 Å². The lowest BCUT2D eigenvalue weighted by molar-refractivity contribution is -0.0482. The zero-order valence-corrected chi connectivity index (χ0v) is 16.1. The van der Waals surface area contributed by atoms with Crippen molar-refractivity contribution in [3.63, 3.8) is 0 Å². The molecule has 3 nitrogen and oxygen atoms in total. The lowest BCUT2D eigenvalue weighted by Gasteiger charge is -2.17. The van der Waals surface area contributed by atoms with Gasteiger partial charge in [0.05, 0.1) is 19.8 Å². The Morgan fingerprint density at radius 3 is 1.82 bits per heavy atom. The highest BCUT2D eigenvalue weighted by atomic mass is 16.7. The minimum absolute atomic E-state index is 0.0310. The van der Waals surface area contributed by atoms with Gasteiger partial charge >= 0.3 is 0 Å². The smallest absolute Gasteiger partial charge is 0.157 e. The molecule has 0 aromatic heterocycles. The highest BCUT2D eigenvalue weighted by molar-refractivity contribution is 5.82. The molecule has 4 rings (SSSR count). The molecule has 0 unspecified atom stereocenters. The highest BCUT2D eigenvalue weighted by Gasteiger charge is 2.16. The maximum absolute atomic E-state index is 6.36. The molecule has 1 fully saturated rings. The van der Waals surface area contributed by atoms with Crippen LogP contribution in [-0.4, -0.2) is 26.1 Å². The van der Waals surface area contributed by atoms with Crippen molar-refractivity contribution in [1.29, 1.82) is 0 Å². The topological polar surface area (TPSA) is 27.7 Å². The van der Waals surface area contributed by atoms with Gasteiger partial charge in [-0.1, -0.05) is 78.9 Å². The predicted molar refractivity (Wildman–Crippen MR) is 112 cm³/mol. The zero-order valence-electron chi connectivity index (χ0n) is 16.1. The van der Waals surface area contributed by atoms with Crippen molar-refractivity contribution in [2.24, 2.45) is 0 Å². The van der Waals surface area contributed by atoms with Crippen LogP contribution in [0.2, 0.25) is 0 Å². The summed E-state index contributed by atoms with van der Waals surface area (Å²) in [5.74, 6) is 0.952. The lowest BCUT2D eigenvalue weighted by Crippen LogP contribution is -2.08. The largest absolute Gasteiger partial charge is 0.492 e. The van der Waals surface area contributed by atoms with E-state index in [0.717, 1.165) is 36.1 Å². The second-order valence-corrected chi connectivity index (χ2v) is 6.93. The Balaban J connectivity index is 1.52. The first-order valence-electron chi connectivity index (χ1n) is 10.0. The van der Waals surface area contributed by atoms with Gasteiger partial charge in [0.2, 0.25) is 0 Å². The van der Waals surface area contributed by atoms with E-state index in [1.54, 1.807) is 0 Å². The first-order chi connectivity index (χ1) is 13.9. The molecule has 0 atom stereocenters. The number of benzene rings is 3. The third-order valence-corrected chi connectivity index (χ3v) is 4.96. The van der Waals surface area contributed by atoms with Crippen LogP contribution < -0.4 is 4.74 Å². The molecule has 0 amide bonds. The van der Waals surface area contributed by atoms with E-state index in [9.17, 15) is 0 Å². The van der Waals surface area contributed by atoms with Crippen molar-refractivity contribution in [2.45, 2.75) is 25.6 Å². The monoisotopic (exact) mass is 374 g/mol. The van der Waals surface area contributed by atoms with Crippen molar-refractivity contribution < 1.29 is 14.2 Å². The van der Waals surface area contributed by atoms with Gasteiger partial charge in [0, 0.05) is 11.1 Å². The van der Waals surface area contributed by atoms with Gasteiger partial charge in [-0.25, -0.2) is 0 Å². The highest BCUT2D eigenvalue weighted by Crippen LogP contribution is 2.39. The summed E-state index contributed by atoms with van der Waals surface area (Å²) in [6, 6.07) is 27.2. The van der Waals surface area contributed by atoms with Crippen LogP contribution in [-0.2, 0) is 9.47 Å². The second-order valence-electron chi connectivity index (χ2n) is 6.93. The van der Waals surface area contributed by atoms with Gasteiger partial charge in [0.15, 0.2) is 6.29 Å². The number of hydrogen-bond donors (Lipinski definition) is 0. The van der Waals surface area contributed by atoms with E-state index in [1.165, 1.54) is 11.1 Å². The summed E-state index contributed by atoms with van der Waals surface area (Å²) in [7, 11) is 0. The SMILES string of the molecule is c1ccc(-c2cccc(-c3ccccc3)c2OCCCCC2OCCO2)cc1. The summed E-state index contributed by atoms with van der Waals surface area (Å²) in [4.78, 5) is 0. The van der Waals surface area contributed by atoms with Crippen molar-refractivity contribution in [3.05, 3.63) is 78.9 Å². The summed E-state index contributed by atoms with van der Waals surface area (Å²) >= 11 is 0. The molecular weight excluding hydrogens is 348 g/mol. The maximum Gasteiger partial charge on any atom is 0.157 e. The molecule has 0 aliphatic carbocycles. The standard InChI is InChI=1S/C25H26O3/c1-3-10-20(11-4-1)22-14-9-15-23(21-12-5-2-6-13-21)25(22)28-17-8-7-16-24-26-18-19-27-24/h1-6,9-15,24H,7-8,16-19H2. The quantitative estimate of drug-likeness (QED) is 0.457. The van der Waals surface area contributed by atoms with Crippen LogP contribution in [0.5, 0.6) is 5.75 Å². The van der Waals surface area contributed by atoms with Crippen LogP contribution in [0.15, 0.2) is 78.9 Å². The molecule has 3 aromatic rings. The van der Waals surface area contributed by atoms with Crippen LogP contribution in [0.3, 0.4) is 0 Å². The molecule has 1 aliphatic rings. The molecule has 0 radical (unpaired) electrons. The fourth-order valence-corrected chi connectivity index (χ4v) is 3.54. The Kier molecular flexibility index (Phi) is 6.38. The van der Waals surface area contributed by atoms with Crippen LogP contribution in [0.4, 0.5) is 0 Å². The number of rotatable bonds is 8. The molecule has 28 heavy (non-hydrogen) atoms. The van der Waals surface area contributed by atoms with E-state index in [2.05, 4.69) is 66.7 Å². The first kappa shape index (κ1) is 18.7. The van der Waals surface area contributed by atoms with Crippen molar-refractivity contribution >= 4 is 0 Å². The third-order valence-electron chi connectivity index (χ3n) is 4.96. The van der Waals surface area contributed by atoms with Gasteiger partial charge in [-0.15, -0.1) is 0 Å². The van der Waals surface area contributed by atoms with Crippen LogP contribution in [0.1, 0.15) is 19.3 Å². The Labute approximate surface area is 166 Å². The summed E-state index contributed by atoms with van der Waals surface area (Å²) in [5.41, 5.74) is 4.60. The minimum atomic E-state index is -0.0310. The molecular formula is C25H26O3. The van der Waals surface area contributed by atoms with Gasteiger partial charge < -0.3 is 14.2 Å². The van der Waals surface area contributed by atoms with Crippen molar-refractivity contribution in [2.75, 3.05) is 19.8 Å². The molecule has 1 heterocycles. The molecule has 1 aliphatic heterocycles. The molecule has 0 spiro atoms. The van der Waals surface area contributed by atoms with Gasteiger partial charge in [-0.05, 0) is 30.4 Å². The van der Waals surface area contributed by atoms with E-state index in [0.29, 0.717) is 19.8 Å². The second kappa shape index (κ2) is 9.54. The zero-order chi connectivity index (χ0) is 19.0. The van der Waals surface area contributed by atoms with E-state index in [1.807, 2.05) is 12.1 Å². The van der Waals surface area contributed by atoms with E-state index in [-0.39, 0.29) is 6.29 Å². The molecule has 0 bridgehead atoms. The maximum atomic E-state index is 6.36. The number of hydrogen-bond acceptors (Lipinski definition) is 3. The molecule has 1 saturated heterocycles. The molecule has 0 N–H and O–H groups in total. The lowest BCUT2D eigenvalue weighted by atomic mass is 9.97. The van der Waals surface area contributed by atoms with E-state index < -0.39 is 0 Å². The molecule has 3 aromatic carbocycles.